The molecule has 1 aliphatic heterocycles. The van der Waals surface area contributed by atoms with Crippen molar-refractivity contribution in [3.63, 3.8) is 0 Å². The van der Waals surface area contributed by atoms with E-state index in [-0.39, 0.29) is 17.4 Å². The lowest BCUT2D eigenvalue weighted by Crippen LogP contribution is -2.50. The fourth-order valence-electron chi connectivity index (χ4n) is 4.87. The molecule has 0 radical (unpaired) electrons. The van der Waals surface area contributed by atoms with Crippen molar-refractivity contribution in [1.29, 1.82) is 0 Å². The largest absolute Gasteiger partial charge is 0.416 e. The maximum Gasteiger partial charge on any atom is 0.416 e. The topological polar surface area (TPSA) is 57.9 Å². The van der Waals surface area contributed by atoms with Gasteiger partial charge in [0, 0.05) is 74.4 Å². The van der Waals surface area contributed by atoms with E-state index in [0.717, 1.165) is 17.8 Å². The molecule has 0 saturated carbocycles. The predicted molar refractivity (Wildman–Crippen MR) is 142 cm³/mol. The summed E-state index contributed by atoms with van der Waals surface area (Å²) < 4.78 is 47.0. The minimum absolute atomic E-state index is 0.222. The highest BCUT2D eigenvalue weighted by atomic mass is 35.5. The maximum absolute atomic E-state index is 13.4. The number of aliphatic hydroxyl groups excluding tert-OH is 1. The number of rotatable bonds is 7. The normalized spacial score (nSPS) is 15.9. The molecule has 1 atom stereocenters. The number of amides is 1. The van der Waals surface area contributed by atoms with Crippen LogP contribution in [0.3, 0.4) is 0 Å². The third kappa shape index (κ3) is 5.97. The van der Waals surface area contributed by atoms with Crippen LogP contribution in [0.5, 0.6) is 0 Å². The van der Waals surface area contributed by atoms with Crippen LogP contribution in [0.1, 0.15) is 39.7 Å². The van der Waals surface area contributed by atoms with Crippen LogP contribution in [0.2, 0.25) is 10.0 Å². The molecule has 11 heteroatoms. The van der Waals surface area contributed by atoms with Crippen molar-refractivity contribution in [2.45, 2.75) is 32.7 Å². The molecule has 1 aromatic heterocycles. The number of hydrogen-bond donors (Lipinski definition) is 1. The Labute approximate surface area is 229 Å². The maximum atomic E-state index is 13.4. The zero-order valence-corrected chi connectivity index (χ0v) is 22.9. The lowest BCUT2D eigenvalue weighted by atomic mass is 10.0. The monoisotopic (exact) mass is 571 g/mol. The number of ether oxygens (including phenoxy) is 1. The van der Waals surface area contributed by atoms with Crippen LogP contribution in [0.15, 0.2) is 30.3 Å². The number of β-amino-alcohol motifs (C(OH)–C–C–N with tert-alkyl or cyclic N) is 1. The van der Waals surface area contributed by atoms with Crippen LogP contribution in [0.4, 0.5) is 13.2 Å². The van der Waals surface area contributed by atoms with Crippen LogP contribution in [-0.4, -0.2) is 71.0 Å². The van der Waals surface area contributed by atoms with E-state index in [1.54, 1.807) is 35.6 Å². The van der Waals surface area contributed by atoms with Gasteiger partial charge < -0.3 is 19.3 Å². The van der Waals surface area contributed by atoms with Gasteiger partial charge >= 0.3 is 6.18 Å². The second kappa shape index (κ2) is 11.4. The number of carbonyl (C=O) groups excluding carboxylic acids is 1. The quantitative estimate of drug-likeness (QED) is 0.379. The molecule has 0 spiro atoms. The van der Waals surface area contributed by atoms with Crippen molar-refractivity contribution in [1.82, 2.24) is 14.4 Å². The molecule has 3 aromatic rings. The summed E-state index contributed by atoms with van der Waals surface area (Å²) in [5, 5.41) is 11.2. The smallest absolute Gasteiger partial charge is 0.367 e. The van der Waals surface area contributed by atoms with Gasteiger partial charge in [-0.2, -0.15) is 13.2 Å². The van der Waals surface area contributed by atoms with Gasteiger partial charge in [-0.3, -0.25) is 9.69 Å². The summed E-state index contributed by atoms with van der Waals surface area (Å²) in [7, 11) is 1.70. The highest BCUT2D eigenvalue weighted by Gasteiger charge is 2.32. The Morgan fingerprint density at radius 2 is 1.82 bits per heavy atom. The van der Waals surface area contributed by atoms with E-state index in [0.29, 0.717) is 71.9 Å². The van der Waals surface area contributed by atoms with Gasteiger partial charge in [-0.05, 0) is 55.3 Å². The van der Waals surface area contributed by atoms with Gasteiger partial charge in [-0.15, -0.1) is 0 Å². The van der Waals surface area contributed by atoms with Gasteiger partial charge in [-0.25, -0.2) is 0 Å². The second-order valence-electron chi connectivity index (χ2n) is 9.49. The van der Waals surface area contributed by atoms with Crippen LogP contribution in [0.25, 0.3) is 10.9 Å². The Balaban J connectivity index is 1.56. The molecule has 0 aliphatic carbocycles. The lowest BCUT2D eigenvalue weighted by molar-refractivity contribution is -0.137. The van der Waals surface area contributed by atoms with E-state index in [1.165, 1.54) is 0 Å². The molecular weight excluding hydrogens is 542 g/mol. The van der Waals surface area contributed by atoms with Gasteiger partial charge in [0.15, 0.2) is 6.29 Å². The summed E-state index contributed by atoms with van der Waals surface area (Å²) >= 11 is 13.2. The summed E-state index contributed by atoms with van der Waals surface area (Å²) in [6.45, 7) is 6.37. The van der Waals surface area contributed by atoms with Gasteiger partial charge in [0.2, 0.25) is 0 Å². The molecule has 6 nitrogen and oxygen atoms in total. The zero-order valence-electron chi connectivity index (χ0n) is 21.4. The van der Waals surface area contributed by atoms with Gasteiger partial charge in [0.05, 0.1) is 16.1 Å². The van der Waals surface area contributed by atoms with Crippen molar-refractivity contribution in [3.8, 4) is 0 Å². The summed E-state index contributed by atoms with van der Waals surface area (Å²) in [6.07, 6.45) is -5.07. The van der Waals surface area contributed by atoms with Crippen molar-refractivity contribution < 1.29 is 27.8 Å². The zero-order chi connectivity index (χ0) is 27.8. The Morgan fingerprint density at radius 1 is 1.13 bits per heavy atom. The van der Waals surface area contributed by atoms with E-state index in [9.17, 15) is 23.1 Å². The van der Waals surface area contributed by atoms with Crippen LogP contribution < -0.4 is 0 Å². The van der Waals surface area contributed by atoms with E-state index >= 15 is 0 Å². The molecule has 4 rings (SSSR count). The number of aryl methyl sites for hydroxylation is 2. The highest BCUT2D eigenvalue weighted by molar-refractivity contribution is 6.38. The van der Waals surface area contributed by atoms with Crippen molar-refractivity contribution in [2.75, 3.05) is 39.3 Å². The third-order valence-electron chi connectivity index (χ3n) is 7.00. The van der Waals surface area contributed by atoms with E-state index in [2.05, 4.69) is 0 Å². The van der Waals surface area contributed by atoms with E-state index < -0.39 is 18.0 Å². The summed E-state index contributed by atoms with van der Waals surface area (Å²) in [5.74, 6) is -0.222. The van der Waals surface area contributed by atoms with Crippen LogP contribution in [0, 0.1) is 6.92 Å². The first-order valence-electron chi connectivity index (χ1n) is 12.3. The summed E-state index contributed by atoms with van der Waals surface area (Å²) in [5.41, 5.74) is 1.86. The first kappa shape index (κ1) is 28.7. The van der Waals surface area contributed by atoms with E-state index in [4.69, 9.17) is 27.9 Å². The molecular formula is C27H30Cl2F3N3O3. The van der Waals surface area contributed by atoms with Gasteiger partial charge in [0.1, 0.15) is 0 Å². The average Bonchev–Trinajstić information content (AvgIpc) is 3.17. The van der Waals surface area contributed by atoms with Crippen molar-refractivity contribution in [2.24, 2.45) is 7.05 Å². The molecule has 1 aliphatic rings. The van der Waals surface area contributed by atoms with Crippen molar-refractivity contribution in [3.05, 3.63) is 68.3 Å². The standard InChI is InChI=1S/C27H30Cl2F3N3O3/c1-4-38-24(36)15-34-7-9-35(10-8-34)26(37)19-5-6-22(28)21(25(19)29)14-18-13-20-16(2)11-17(27(30,31)32)12-23(20)33(18)3/h5-6,11-13,24,36H,4,7-10,14-15H2,1-3H3. The molecule has 38 heavy (non-hydrogen) atoms. The molecule has 1 amide bonds. The van der Waals surface area contributed by atoms with Gasteiger partial charge in [-0.1, -0.05) is 23.2 Å². The fourth-order valence-corrected chi connectivity index (χ4v) is 5.46. The van der Waals surface area contributed by atoms with E-state index in [1.807, 2.05) is 17.9 Å². The Morgan fingerprint density at radius 3 is 2.45 bits per heavy atom. The number of carbonyl (C=O) groups is 1. The molecule has 1 fully saturated rings. The van der Waals surface area contributed by atoms with Crippen LogP contribution in [-0.2, 0) is 24.4 Å². The number of piperazine rings is 1. The number of alkyl halides is 3. The number of aliphatic hydroxyl groups is 1. The molecule has 1 unspecified atom stereocenters. The highest BCUT2D eigenvalue weighted by Crippen LogP contribution is 2.36. The lowest BCUT2D eigenvalue weighted by Gasteiger charge is -2.35. The molecule has 206 valence electrons. The number of fused-ring (bicyclic) bond motifs is 1. The number of halogens is 5. The first-order chi connectivity index (χ1) is 17.9. The average molecular weight is 572 g/mol. The molecule has 2 aromatic carbocycles. The van der Waals surface area contributed by atoms with Crippen LogP contribution >= 0.6 is 23.2 Å². The Kier molecular flexibility index (Phi) is 8.64. The minimum atomic E-state index is -4.45. The fraction of sp³-hybridized carbons (Fsp3) is 0.444. The molecule has 1 saturated heterocycles. The predicted octanol–water partition coefficient (Wildman–Crippen LogP) is 5.52. The molecule has 2 heterocycles. The SMILES string of the molecule is CCOC(O)CN1CCN(C(=O)c2ccc(Cl)c(Cc3cc4c(C)cc(C(F)(F)F)cc4n3C)c2Cl)CC1. The third-order valence-corrected chi connectivity index (χ3v) is 7.79. The first-order valence-corrected chi connectivity index (χ1v) is 13.1. The summed E-state index contributed by atoms with van der Waals surface area (Å²) in [4.78, 5) is 17.1. The number of benzene rings is 2. The van der Waals surface area contributed by atoms with Crippen molar-refractivity contribution >= 4 is 40.0 Å². The summed E-state index contributed by atoms with van der Waals surface area (Å²) in [6, 6.07) is 7.34. The number of hydrogen-bond acceptors (Lipinski definition) is 4. The number of nitrogens with zero attached hydrogens (tertiary/aromatic N) is 3. The Bertz CT molecular complexity index is 1330. The second-order valence-corrected chi connectivity index (χ2v) is 10.3. The molecule has 1 N–H and O–H groups in total. The number of aromatic nitrogens is 1. The molecule has 0 bridgehead atoms. The van der Waals surface area contributed by atoms with Gasteiger partial charge in [0.25, 0.3) is 5.91 Å². The Hall–Kier alpha value is -2.30. The minimum Gasteiger partial charge on any atom is -0.367 e.